The highest BCUT2D eigenvalue weighted by Crippen LogP contribution is 2.33. The zero-order valence-corrected chi connectivity index (χ0v) is 16.1. The fourth-order valence-corrected chi connectivity index (χ4v) is 3.75. The number of benzene rings is 2. The number of H-pyrrole nitrogens is 1. The average molecular weight is 377 g/mol. The van der Waals surface area contributed by atoms with Gasteiger partial charge < -0.3 is 9.55 Å². The van der Waals surface area contributed by atoms with Gasteiger partial charge in [-0.3, -0.25) is 4.79 Å². The fraction of sp³-hybridized carbons (Fsp3) is 0.200. The molecule has 0 aliphatic rings. The molecule has 0 amide bonds. The molecule has 0 aliphatic heterocycles. The highest BCUT2D eigenvalue weighted by molar-refractivity contribution is 7.99. The number of hydrogen-bond donors (Lipinski definition) is 1. The van der Waals surface area contributed by atoms with Gasteiger partial charge in [0.2, 0.25) is 0 Å². The molecule has 2 aromatic carbocycles. The van der Waals surface area contributed by atoms with Crippen molar-refractivity contribution >= 4 is 22.7 Å². The second-order valence-electron chi connectivity index (χ2n) is 6.46. The van der Waals surface area contributed by atoms with Crippen LogP contribution in [0.15, 0.2) is 58.5 Å². The minimum Gasteiger partial charge on any atom is -0.309 e. The summed E-state index contributed by atoms with van der Waals surface area (Å²) in [5.41, 5.74) is 2.80. The summed E-state index contributed by atoms with van der Waals surface area (Å²) in [5.74, 6) is 1.44. The summed E-state index contributed by atoms with van der Waals surface area (Å²) in [7, 11) is 1.95. The van der Waals surface area contributed by atoms with Crippen LogP contribution in [0.2, 0.25) is 0 Å². The van der Waals surface area contributed by atoms with E-state index in [1.165, 1.54) is 17.3 Å². The molecule has 2 aromatic heterocycles. The Labute approximate surface area is 160 Å². The highest BCUT2D eigenvalue weighted by atomic mass is 32.2. The second-order valence-corrected chi connectivity index (χ2v) is 7.77. The van der Waals surface area contributed by atoms with Gasteiger partial charge in [0.15, 0.2) is 11.0 Å². The Morgan fingerprint density at radius 2 is 1.81 bits per heavy atom. The SMILES string of the molecule is Cc1ccc(-c2nnc(S[C@@H](C)c3nc4ccccc4c(=O)[nH]3)n2C)cc1. The van der Waals surface area contributed by atoms with Gasteiger partial charge in [-0.05, 0) is 26.0 Å². The van der Waals surface area contributed by atoms with Gasteiger partial charge in [-0.15, -0.1) is 10.2 Å². The van der Waals surface area contributed by atoms with Crippen molar-refractivity contribution in [3.05, 3.63) is 70.3 Å². The van der Waals surface area contributed by atoms with Crippen LogP contribution in [0.3, 0.4) is 0 Å². The van der Waals surface area contributed by atoms with Gasteiger partial charge in [-0.1, -0.05) is 53.7 Å². The Hall–Kier alpha value is -2.93. The molecule has 0 radical (unpaired) electrons. The first-order valence-electron chi connectivity index (χ1n) is 8.65. The molecule has 0 fully saturated rings. The van der Waals surface area contributed by atoms with Gasteiger partial charge in [0.25, 0.3) is 5.56 Å². The van der Waals surface area contributed by atoms with E-state index in [1.807, 2.05) is 48.9 Å². The largest absolute Gasteiger partial charge is 0.309 e. The molecule has 0 bridgehead atoms. The third-order valence-corrected chi connectivity index (χ3v) is 5.59. The number of fused-ring (bicyclic) bond motifs is 1. The molecule has 136 valence electrons. The number of aromatic amines is 1. The summed E-state index contributed by atoms with van der Waals surface area (Å²) in [6.45, 7) is 4.05. The number of nitrogens with zero attached hydrogens (tertiary/aromatic N) is 4. The molecule has 7 heteroatoms. The second kappa shape index (κ2) is 7.00. The van der Waals surface area contributed by atoms with Gasteiger partial charge >= 0.3 is 0 Å². The predicted octanol–water partition coefficient (Wildman–Crippen LogP) is 3.88. The summed E-state index contributed by atoms with van der Waals surface area (Å²) in [5, 5.41) is 9.95. The van der Waals surface area contributed by atoms with Crippen LogP contribution in [0.4, 0.5) is 0 Å². The predicted molar refractivity (Wildman–Crippen MR) is 108 cm³/mol. The third-order valence-electron chi connectivity index (χ3n) is 4.44. The van der Waals surface area contributed by atoms with E-state index < -0.39 is 0 Å². The zero-order valence-electron chi connectivity index (χ0n) is 15.3. The van der Waals surface area contributed by atoms with E-state index in [0.717, 1.165) is 16.5 Å². The van der Waals surface area contributed by atoms with Crippen molar-refractivity contribution in [2.24, 2.45) is 7.05 Å². The average Bonchev–Trinajstić information content (AvgIpc) is 3.03. The molecule has 6 nitrogen and oxygen atoms in total. The van der Waals surface area contributed by atoms with Crippen LogP contribution in [0.25, 0.3) is 22.3 Å². The Bertz CT molecular complexity index is 1160. The lowest BCUT2D eigenvalue weighted by Crippen LogP contribution is -2.13. The van der Waals surface area contributed by atoms with Crippen molar-refractivity contribution in [2.45, 2.75) is 24.3 Å². The van der Waals surface area contributed by atoms with Crippen LogP contribution in [0, 0.1) is 6.92 Å². The normalized spacial score (nSPS) is 12.4. The van der Waals surface area contributed by atoms with Gasteiger partial charge in [-0.2, -0.15) is 0 Å². The number of aryl methyl sites for hydroxylation is 1. The first-order valence-corrected chi connectivity index (χ1v) is 9.53. The minimum atomic E-state index is -0.124. The van der Waals surface area contributed by atoms with Crippen molar-refractivity contribution in [2.75, 3.05) is 0 Å². The minimum absolute atomic E-state index is 0.0731. The lowest BCUT2D eigenvalue weighted by molar-refractivity contribution is 0.786. The van der Waals surface area contributed by atoms with Gasteiger partial charge in [0.05, 0.1) is 16.2 Å². The molecule has 4 rings (SSSR count). The quantitative estimate of drug-likeness (QED) is 0.546. The van der Waals surface area contributed by atoms with E-state index in [-0.39, 0.29) is 10.8 Å². The summed E-state index contributed by atoms with van der Waals surface area (Å²) in [6, 6.07) is 15.5. The number of rotatable bonds is 4. The molecule has 0 spiro atoms. The molecule has 0 saturated carbocycles. The first-order chi connectivity index (χ1) is 13.0. The molecule has 4 aromatic rings. The molecule has 2 heterocycles. The maximum absolute atomic E-state index is 12.3. The van der Waals surface area contributed by atoms with Crippen LogP contribution >= 0.6 is 11.8 Å². The van der Waals surface area contributed by atoms with Crippen molar-refractivity contribution in [1.82, 2.24) is 24.7 Å². The maximum atomic E-state index is 12.3. The van der Waals surface area contributed by atoms with E-state index in [0.29, 0.717) is 16.7 Å². The van der Waals surface area contributed by atoms with Crippen molar-refractivity contribution < 1.29 is 0 Å². The van der Waals surface area contributed by atoms with Gasteiger partial charge in [0, 0.05) is 12.6 Å². The van der Waals surface area contributed by atoms with Crippen LogP contribution < -0.4 is 5.56 Å². The van der Waals surface area contributed by atoms with Crippen LogP contribution in [-0.2, 0) is 7.05 Å². The van der Waals surface area contributed by atoms with Gasteiger partial charge in [-0.25, -0.2) is 4.98 Å². The van der Waals surface area contributed by atoms with E-state index in [2.05, 4.69) is 39.2 Å². The summed E-state index contributed by atoms with van der Waals surface area (Å²) in [6.07, 6.45) is 0. The molecule has 0 saturated heterocycles. The van der Waals surface area contributed by atoms with E-state index in [4.69, 9.17) is 0 Å². The van der Waals surface area contributed by atoms with E-state index >= 15 is 0 Å². The molecular formula is C20H19N5OS. The lowest BCUT2D eigenvalue weighted by Gasteiger charge is -2.11. The molecule has 27 heavy (non-hydrogen) atoms. The number of nitrogens with one attached hydrogen (secondary N) is 1. The monoisotopic (exact) mass is 377 g/mol. The van der Waals surface area contributed by atoms with Crippen LogP contribution in [0.1, 0.15) is 23.6 Å². The number of aromatic nitrogens is 5. The smallest absolute Gasteiger partial charge is 0.258 e. The van der Waals surface area contributed by atoms with E-state index in [9.17, 15) is 4.79 Å². The molecular weight excluding hydrogens is 358 g/mol. The highest BCUT2D eigenvalue weighted by Gasteiger charge is 2.17. The Morgan fingerprint density at radius 3 is 2.59 bits per heavy atom. The molecule has 1 atom stereocenters. The van der Waals surface area contributed by atoms with Crippen molar-refractivity contribution in [3.63, 3.8) is 0 Å². The number of hydrogen-bond acceptors (Lipinski definition) is 5. The van der Waals surface area contributed by atoms with Crippen LogP contribution in [-0.4, -0.2) is 24.7 Å². The van der Waals surface area contributed by atoms with Crippen LogP contribution in [0.5, 0.6) is 0 Å². The number of para-hydroxylation sites is 1. The lowest BCUT2D eigenvalue weighted by atomic mass is 10.1. The number of thioether (sulfide) groups is 1. The molecule has 1 N–H and O–H groups in total. The maximum Gasteiger partial charge on any atom is 0.258 e. The van der Waals surface area contributed by atoms with E-state index in [1.54, 1.807) is 6.07 Å². The third kappa shape index (κ3) is 3.38. The fourth-order valence-electron chi connectivity index (χ4n) is 2.88. The Balaban J connectivity index is 1.63. The Kier molecular flexibility index (Phi) is 4.53. The summed E-state index contributed by atoms with van der Waals surface area (Å²) in [4.78, 5) is 19.8. The molecule has 0 aliphatic carbocycles. The van der Waals surface area contributed by atoms with Crippen molar-refractivity contribution in [3.8, 4) is 11.4 Å². The zero-order chi connectivity index (χ0) is 19.0. The summed E-state index contributed by atoms with van der Waals surface area (Å²) >= 11 is 1.52. The summed E-state index contributed by atoms with van der Waals surface area (Å²) < 4.78 is 1.96. The first kappa shape index (κ1) is 17.5. The topological polar surface area (TPSA) is 76.5 Å². The Morgan fingerprint density at radius 1 is 1.07 bits per heavy atom. The van der Waals surface area contributed by atoms with Gasteiger partial charge in [0.1, 0.15) is 5.82 Å². The van der Waals surface area contributed by atoms with Crippen molar-refractivity contribution in [1.29, 1.82) is 0 Å². The molecule has 0 unspecified atom stereocenters. The standard InChI is InChI=1S/C20H19N5OS/c1-12-8-10-14(11-9-12)18-23-24-20(25(18)3)27-13(2)17-21-16-7-5-4-6-15(16)19(26)22-17/h4-11,13H,1-3H3,(H,21,22,26)/t13-/m0/s1.